The van der Waals surface area contributed by atoms with E-state index in [1.165, 1.54) is 13.1 Å². The molecule has 0 saturated carbocycles. The van der Waals surface area contributed by atoms with Crippen molar-refractivity contribution in [3.05, 3.63) is 0 Å². The highest BCUT2D eigenvalue weighted by atomic mass is 16.5. The predicted octanol–water partition coefficient (Wildman–Crippen LogP) is -0.258. The quantitative estimate of drug-likeness (QED) is 0.699. The first-order chi connectivity index (χ1) is 7.22. The van der Waals surface area contributed by atoms with E-state index in [4.69, 9.17) is 10.5 Å². The van der Waals surface area contributed by atoms with E-state index in [1.807, 2.05) is 0 Å². The van der Waals surface area contributed by atoms with Gasteiger partial charge in [0.2, 0.25) is 0 Å². The van der Waals surface area contributed by atoms with Crippen molar-refractivity contribution >= 4 is 0 Å². The first-order valence-corrected chi connectivity index (χ1v) is 6.03. The van der Waals surface area contributed by atoms with Crippen molar-refractivity contribution in [1.82, 2.24) is 9.80 Å². The van der Waals surface area contributed by atoms with Crippen molar-refractivity contribution in [2.24, 2.45) is 5.73 Å². The lowest BCUT2D eigenvalue weighted by Gasteiger charge is -2.48. The summed E-state index contributed by atoms with van der Waals surface area (Å²) in [4.78, 5) is 4.94. The molecule has 2 saturated heterocycles. The van der Waals surface area contributed by atoms with E-state index in [-0.39, 0.29) is 5.54 Å². The van der Waals surface area contributed by atoms with E-state index in [0.717, 1.165) is 45.8 Å². The molecule has 2 aliphatic rings. The molecule has 0 unspecified atom stereocenters. The summed E-state index contributed by atoms with van der Waals surface area (Å²) >= 11 is 0. The van der Waals surface area contributed by atoms with Crippen LogP contribution >= 0.6 is 0 Å². The Hall–Kier alpha value is -0.160. The van der Waals surface area contributed by atoms with E-state index in [2.05, 4.69) is 16.7 Å². The van der Waals surface area contributed by atoms with Gasteiger partial charge in [-0.25, -0.2) is 0 Å². The fraction of sp³-hybridized carbons (Fsp3) is 1.00. The number of hydrogen-bond acceptors (Lipinski definition) is 4. The maximum Gasteiger partial charge on any atom is 0.0594 e. The SMILES string of the molecule is CCC1(N)CN(CCN2CCOCC2)C1. The van der Waals surface area contributed by atoms with Gasteiger partial charge in [0, 0.05) is 44.8 Å². The molecule has 88 valence electrons. The van der Waals surface area contributed by atoms with Crippen molar-refractivity contribution in [1.29, 1.82) is 0 Å². The van der Waals surface area contributed by atoms with Gasteiger partial charge in [-0.2, -0.15) is 0 Å². The van der Waals surface area contributed by atoms with Gasteiger partial charge in [-0.15, -0.1) is 0 Å². The number of nitrogens with zero attached hydrogens (tertiary/aromatic N) is 2. The lowest BCUT2D eigenvalue weighted by atomic mass is 9.88. The summed E-state index contributed by atoms with van der Waals surface area (Å²) in [5.41, 5.74) is 6.24. The zero-order valence-corrected chi connectivity index (χ0v) is 9.74. The minimum atomic E-state index is 0.116. The molecule has 0 atom stereocenters. The molecule has 0 aliphatic carbocycles. The molecule has 2 fully saturated rings. The molecule has 0 aromatic rings. The van der Waals surface area contributed by atoms with E-state index in [9.17, 15) is 0 Å². The number of morpholine rings is 1. The molecule has 0 amide bonds. The molecule has 0 radical (unpaired) electrons. The second-order valence-corrected chi connectivity index (χ2v) is 4.88. The van der Waals surface area contributed by atoms with Crippen LogP contribution in [-0.4, -0.2) is 67.8 Å². The van der Waals surface area contributed by atoms with Gasteiger partial charge in [-0.1, -0.05) is 6.92 Å². The summed E-state index contributed by atoms with van der Waals surface area (Å²) in [6, 6.07) is 0. The molecule has 0 bridgehead atoms. The molecular formula is C11H23N3O. The zero-order chi connectivity index (χ0) is 10.7. The van der Waals surface area contributed by atoms with Crippen LogP contribution in [0, 0.1) is 0 Å². The molecule has 0 aromatic carbocycles. The monoisotopic (exact) mass is 213 g/mol. The summed E-state index contributed by atoms with van der Waals surface area (Å²) in [5.74, 6) is 0. The number of hydrogen-bond donors (Lipinski definition) is 1. The number of nitrogens with two attached hydrogens (primary N) is 1. The molecule has 15 heavy (non-hydrogen) atoms. The molecule has 4 nitrogen and oxygen atoms in total. The topological polar surface area (TPSA) is 41.7 Å². The first kappa shape index (κ1) is 11.3. The molecule has 0 spiro atoms. The van der Waals surface area contributed by atoms with Crippen LogP contribution in [0.25, 0.3) is 0 Å². The highest BCUT2D eigenvalue weighted by Crippen LogP contribution is 2.20. The first-order valence-electron chi connectivity index (χ1n) is 6.03. The van der Waals surface area contributed by atoms with Crippen LogP contribution in [0.5, 0.6) is 0 Å². The van der Waals surface area contributed by atoms with Crippen LogP contribution in [0.1, 0.15) is 13.3 Å². The molecule has 2 N–H and O–H groups in total. The Balaban J connectivity index is 1.59. The second kappa shape index (κ2) is 4.78. The average Bonchev–Trinajstić information content (AvgIpc) is 2.24. The van der Waals surface area contributed by atoms with Gasteiger partial charge in [0.15, 0.2) is 0 Å². The van der Waals surface area contributed by atoms with Gasteiger partial charge in [-0.3, -0.25) is 9.80 Å². The van der Waals surface area contributed by atoms with Gasteiger partial charge < -0.3 is 10.5 Å². The zero-order valence-electron chi connectivity index (χ0n) is 9.74. The predicted molar refractivity (Wildman–Crippen MR) is 60.9 cm³/mol. The Bertz CT molecular complexity index is 198. The lowest BCUT2D eigenvalue weighted by Crippen LogP contribution is -2.67. The standard InChI is InChI=1S/C11H23N3O/c1-2-11(12)9-14(10-11)4-3-13-5-7-15-8-6-13/h2-10,12H2,1H3. The maximum absolute atomic E-state index is 6.13. The summed E-state index contributed by atoms with van der Waals surface area (Å²) in [7, 11) is 0. The summed E-state index contributed by atoms with van der Waals surface area (Å²) in [6.07, 6.45) is 1.10. The van der Waals surface area contributed by atoms with Crippen LogP contribution < -0.4 is 5.73 Å². The molecular weight excluding hydrogens is 190 g/mol. The van der Waals surface area contributed by atoms with Crippen LogP contribution in [-0.2, 0) is 4.74 Å². The van der Waals surface area contributed by atoms with Crippen molar-refractivity contribution < 1.29 is 4.74 Å². The summed E-state index contributed by atoms with van der Waals surface area (Å²) < 4.78 is 5.32. The highest BCUT2D eigenvalue weighted by molar-refractivity contribution is 4.98. The molecule has 4 heteroatoms. The van der Waals surface area contributed by atoms with Crippen LogP contribution in [0.15, 0.2) is 0 Å². The third kappa shape index (κ3) is 2.91. The minimum absolute atomic E-state index is 0.116. The Kier molecular flexibility index (Phi) is 3.61. The Morgan fingerprint density at radius 1 is 1.13 bits per heavy atom. The minimum Gasteiger partial charge on any atom is -0.379 e. The summed E-state index contributed by atoms with van der Waals surface area (Å²) in [6.45, 7) is 10.7. The van der Waals surface area contributed by atoms with Crippen molar-refractivity contribution in [3.8, 4) is 0 Å². The van der Waals surface area contributed by atoms with Gasteiger partial charge in [0.05, 0.1) is 13.2 Å². The average molecular weight is 213 g/mol. The van der Waals surface area contributed by atoms with Gasteiger partial charge in [-0.05, 0) is 6.42 Å². The maximum atomic E-state index is 6.13. The van der Waals surface area contributed by atoms with Crippen molar-refractivity contribution in [2.45, 2.75) is 18.9 Å². The fourth-order valence-corrected chi connectivity index (χ4v) is 2.33. The van der Waals surface area contributed by atoms with E-state index in [0.29, 0.717) is 0 Å². The molecule has 2 rings (SSSR count). The Labute approximate surface area is 92.4 Å². The number of likely N-dealkylation sites (tertiary alicyclic amines) is 1. The number of rotatable bonds is 4. The van der Waals surface area contributed by atoms with E-state index in [1.54, 1.807) is 0 Å². The second-order valence-electron chi connectivity index (χ2n) is 4.88. The van der Waals surface area contributed by atoms with Gasteiger partial charge in [0.25, 0.3) is 0 Å². The lowest BCUT2D eigenvalue weighted by molar-refractivity contribution is 0.0164. The van der Waals surface area contributed by atoms with Crippen LogP contribution in [0.3, 0.4) is 0 Å². The highest BCUT2D eigenvalue weighted by Gasteiger charge is 2.37. The molecule has 0 aromatic heterocycles. The smallest absolute Gasteiger partial charge is 0.0594 e. The van der Waals surface area contributed by atoms with Gasteiger partial charge >= 0.3 is 0 Å². The Morgan fingerprint density at radius 2 is 1.73 bits per heavy atom. The van der Waals surface area contributed by atoms with E-state index < -0.39 is 0 Å². The van der Waals surface area contributed by atoms with Crippen LogP contribution in [0.2, 0.25) is 0 Å². The fourth-order valence-electron chi connectivity index (χ4n) is 2.33. The molecule has 2 aliphatic heterocycles. The van der Waals surface area contributed by atoms with E-state index >= 15 is 0 Å². The third-order valence-electron chi connectivity index (χ3n) is 3.62. The van der Waals surface area contributed by atoms with Crippen LogP contribution in [0.4, 0.5) is 0 Å². The third-order valence-corrected chi connectivity index (χ3v) is 3.62. The normalized spacial score (nSPS) is 27.6. The van der Waals surface area contributed by atoms with Gasteiger partial charge in [0.1, 0.15) is 0 Å². The van der Waals surface area contributed by atoms with Crippen molar-refractivity contribution in [3.63, 3.8) is 0 Å². The van der Waals surface area contributed by atoms with Crippen molar-refractivity contribution in [2.75, 3.05) is 52.5 Å². The Morgan fingerprint density at radius 3 is 2.33 bits per heavy atom. The largest absolute Gasteiger partial charge is 0.379 e. The molecule has 2 heterocycles. The number of ether oxygens (including phenoxy) is 1. The summed E-state index contributed by atoms with van der Waals surface area (Å²) in [5, 5.41) is 0.